The van der Waals surface area contributed by atoms with Gasteiger partial charge in [-0.15, -0.1) is 0 Å². The van der Waals surface area contributed by atoms with Gasteiger partial charge in [0.1, 0.15) is 0 Å². The van der Waals surface area contributed by atoms with E-state index in [1.165, 1.54) is 6.92 Å². The van der Waals surface area contributed by atoms with Crippen LogP contribution in [0.5, 0.6) is 0 Å². The quantitative estimate of drug-likeness (QED) is 0.694. The third-order valence-corrected chi connectivity index (χ3v) is 3.81. The second-order valence-corrected chi connectivity index (χ2v) is 5.54. The fraction of sp³-hybridized carbons (Fsp3) is 0.625. The first kappa shape index (κ1) is 12.8. The molecule has 1 rings (SSSR count). The Bertz CT molecular complexity index is 452. The molecule has 7 nitrogen and oxygen atoms in total. The Morgan fingerprint density at radius 1 is 1.38 bits per heavy atom. The predicted molar refractivity (Wildman–Crippen MR) is 57.6 cm³/mol. The highest BCUT2D eigenvalue weighted by Gasteiger charge is 2.39. The molecule has 0 spiro atoms. The number of rotatable bonds is 3. The summed E-state index contributed by atoms with van der Waals surface area (Å²) in [7, 11) is -3.85. The van der Waals surface area contributed by atoms with Gasteiger partial charge in [0.25, 0.3) is 5.91 Å². The van der Waals surface area contributed by atoms with Crippen LogP contribution in [0.4, 0.5) is 4.79 Å². The molecular weight excluding hydrogens is 234 g/mol. The highest BCUT2D eigenvalue weighted by Crippen LogP contribution is 2.08. The number of hydrogen-bond acceptors (Lipinski definition) is 4. The number of carbonyl (C=O) groups excluding carboxylic acids is 2. The highest BCUT2D eigenvalue weighted by atomic mass is 32.2. The Morgan fingerprint density at radius 3 is 2.38 bits per heavy atom. The third kappa shape index (κ3) is 2.64. The summed E-state index contributed by atoms with van der Waals surface area (Å²) in [5.74, 6) is -0.870. The van der Waals surface area contributed by atoms with Gasteiger partial charge in [-0.3, -0.25) is 10.1 Å². The van der Waals surface area contributed by atoms with Crippen LogP contribution >= 0.6 is 0 Å². The molecule has 0 saturated carbocycles. The predicted octanol–water partition coefficient (Wildman–Crippen LogP) is -0.606. The van der Waals surface area contributed by atoms with Crippen LogP contribution in [-0.4, -0.2) is 37.4 Å². The van der Waals surface area contributed by atoms with Crippen LogP contribution in [0.2, 0.25) is 0 Å². The van der Waals surface area contributed by atoms with Crippen LogP contribution in [0.3, 0.4) is 0 Å². The Balaban J connectivity index is 3.08. The number of nitrogens with zero attached hydrogens (tertiary/aromatic N) is 1. The first-order valence-electron chi connectivity index (χ1n) is 4.65. The molecule has 1 unspecified atom stereocenters. The Labute approximate surface area is 93.4 Å². The zero-order valence-electron chi connectivity index (χ0n) is 9.14. The van der Waals surface area contributed by atoms with Crippen molar-refractivity contribution in [3.63, 3.8) is 0 Å². The minimum absolute atomic E-state index is 0.0260. The van der Waals surface area contributed by atoms with Crippen molar-refractivity contribution >= 4 is 27.7 Å². The van der Waals surface area contributed by atoms with Crippen LogP contribution in [0.25, 0.3) is 0 Å². The average Bonchev–Trinajstić information content (AvgIpc) is 1.96. The molecule has 1 heterocycles. The van der Waals surface area contributed by atoms with Crippen molar-refractivity contribution in [1.82, 2.24) is 10.0 Å². The van der Waals surface area contributed by atoms with E-state index in [1.54, 1.807) is 13.8 Å². The minimum Gasteiger partial charge on any atom is -0.275 e. The van der Waals surface area contributed by atoms with Crippen LogP contribution in [0.1, 0.15) is 20.8 Å². The highest BCUT2D eigenvalue weighted by molar-refractivity contribution is 7.91. The second-order valence-electron chi connectivity index (χ2n) is 3.75. The number of amides is 3. The molecule has 0 fully saturated rings. The molecule has 0 saturated heterocycles. The normalized spacial score (nSPS) is 22.0. The number of carbonyl (C=O) groups is 2. The van der Waals surface area contributed by atoms with Gasteiger partial charge in [0.2, 0.25) is 10.0 Å². The molecule has 0 bridgehead atoms. The first-order chi connectivity index (χ1) is 7.24. The molecule has 0 aromatic carbocycles. The number of nitrogens with one attached hydrogen (secondary N) is 2. The van der Waals surface area contributed by atoms with Gasteiger partial charge in [-0.1, -0.05) is 0 Å². The molecule has 0 radical (unpaired) electrons. The Kier molecular flexibility index (Phi) is 3.44. The molecule has 2 N–H and O–H groups in total. The van der Waals surface area contributed by atoms with E-state index < -0.39 is 27.2 Å². The zero-order chi connectivity index (χ0) is 12.5. The maximum Gasteiger partial charge on any atom is 0.347 e. The van der Waals surface area contributed by atoms with Gasteiger partial charge in [-0.25, -0.2) is 22.9 Å². The van der Waals surface area contributed by atoms with Gasteiger partial charge in [-0.05, 0) is 20.8 Å². The molecule has 1 aliphatic rings. The summed E-state index contributed by atoms with van der Waals surface area (Å²) in [6, 6.07) is -1.17. The van der Waals surface area contributed by atoms with E-state index in [9.17, 15) is 18.0 Å². The van der Waals surface area contributed by atoms with Crippen LogP contribution < -0.4 is 10.0 Å². The van der Waals surface area contributed by atoms with Crippen molar-refractivity contribution in [2.75, 3.05) is 0 Å². The Morgan fingerprint density at radius 2 is 1.94 bits per heavy atom. The maximum absolute atomic E-state index is 11.8. The molecule has 0 aromatic heterocycles. The lowest BCUT2D eigenvalue weighted by molar-refractivity contribution is -0.118. The summed E-state index contributed by atoms with van der Waals surface area (Å²) in [5, 5.41) is 0.417. The van der Waals surface area contributed by atoms with E-state index in [1.807, 2.05) is 5.32 Å². The largest absolute Gasteiger partial charge is 0.347 e. The summed E-state index contributed by atoms with van der Waals surface area (Å²) in [5.41, 5.74) is -0.0260. The number of hydrogen-bond donors (Lipinski definition) is 2. The van der Waals surface area contributed by atoms with Gasteiger partial charge < -0.3 is 0 Å². The van der Waals surface area contributed by atoms with Crippen LogP contribution in [0, 0.1) is 0 Å². The van der Waals surface area contributed by atoms with E-state index in [0.29, 0.717) is 0 Å². The van der Waals surface area contributed by atoms with Gasteiger partial charge in [0.15, 0.2) is 5.25 Å². The summed E-state index contributed by atoms with van der Waals surface area (Å²) in [6.45, 7) is 4.60. The molecular formula is C8H13N3O4S. The van der Waals surface area contributed by atoms with Gasteiger partial charge in [-0.2, -0.15) is 0 Å². The molecule has 3 amide bonds. The fourth-order valence-electron chi connectivity index (χ4n) is 1.37. The number of aliphatic imine (C=N–C) groups is 1. The van der Waals surface area contributed by atoms with Crippen molar-refractivity contribution in [1.29, 1.82) is 0 Å². The van der Waals surface area contributed by atoms with E-state index in [4.69, 9.17) is 0 Å². The topological polar surface area (TPSA) is 105 Å². The molecule has 0 aliphatic carbocycles. The smallest absolute Gasteiger partial charge is 0.275 e. The van der Waals surface area contributed by atoms with Gasteiger partial charge in [0.05, 0.1) is 0 Å². The summed E-state index contributed by atoms with van der Waals surface area (Å²) in [6.07, 6.45) is 0. The maximum atomic E-state index is 11.8. The van der Waals surface area contributed by atoms with Crippen LogP contribution in [0.15, 0.2) is 4.99 Å². The van der Waals surface area contributed by atoms with E-state index in [2.05, 4.69) is 9.71 Å². The summed E-state index contributed by atoms with van der Waals surface area (Å²) < 4.78 is 25.8. The van der Waals surface area contributed by atoms with Crippen molar-refractivity contribution < 1.29 is 18.0 Å². The second kappa shape index (κ2) is 4.30. The summed E-state index contributed by atoms with van der Waals surface area (Å²) in [4.78, 5) is 25.7. The molecule has 16 heavy (non-hydrogen) atoms. The molecule has 0 aromatic rings. The van der Waals surface area contributed by atoms with Crippen molar-refractivity contribution in [2.24, 2.45) is 4.99 Å². The molecule has 8 heteroatoms. The Hall–Kier alpha value is -1.28. The monoisotopic (exact) mass is 247 g/mol. The van der Waals surface area contributed by atoms with Crippen molar-refractivity contribution in [3.8, 4) is 0 Å². The van der Waals surface area contributed by atoms with Crippen molar-refractivity contribution in [3.05, 3.63) is 0 Å². The van der Waals surface area contributed by atoms with Crippen molar-refractivity contribution in [2.45, 2.75) is 32.1 Å². The zero-order valence-corrected chi connectivity index (χ0v) is 9.96. The fourth-order valence-corrected chi connectivity index (χ4v) is 3.01. The van der Waals surface area contributed by atoms with E-state index >= 15 is 0 Å². The standard InChI is InChI=1S/C8H13N3O4S/c1-4(2)11-16(14,15)6-5(3)9-8(13)10-7(6)12/h4,6,11H,1-3H3,(H,10,12,13). The first-order valence-corrected chi connectivity index (χ1v) is 6.20. The van der Waals surface area contributed by atoms with E-state index in [0.717, 1.165) is 0 Å². The summed E-state index contributed by atoms with van der Waals surface area (Å²) >= 11 is 0. The third-order valence-electron chi connectivity index (χ3n) is 1.84. The van der Waals surface area contributed by atoms with E-state index in [-0.39, 0.29) is 11.8 Å². The number of imide groups is 1. The lowest BCUT2D eigenvalue weighted by Gasteiger charge is -2.21. The van der Waals surface area contributed by atoms with Crippen LogP contribution in [-0.2, 0) is 14.8 Å². The average molecular weight is 247 g/mol. The van der Waals surface area contributed by atoms with Gasteiger partial charge in [0, 0.05) is 11.8 Å². The molecule has 1 aliphatic heterocycles. The molecule has 90 valence electrons. The minimum atomic E-state index is -3.85. The number of urea groups is 1. The number of sulfonamides is 1. The SMILES string of the molecule is CC1=NC(=O)NC(=O)C1S(=O)(=O)NC(C)C. The lowest BCUT2D eigenvalue weighted by atomic mass is 10.2. The molecule has 1 atom stereocenters. The van der Waals surface area contributed by atoms with Gasteiger partial charge >= 0.3 is 6.03 Å². The lowest BCUT2D eigenvalue weighted by Crippen LogP contribution is -2.54.